The third-order valence-corrected chi connectivity index (χ3v) is 3.50. The molecule has 0 aliphatic carbocycles. The highest BCUT2D eigenvalue weighted by Gasteiger charge is 2.12. The van der Waals surface area contributed by atoms with Gasteiger partial charge in [0.2, 0.25) is 0 Å². The van der Waals surface area contributed by atoms with Gasteiger partial charge in [-0.05, 0) is 18.9 Å². The highest BCUT2D eigenvalue weighted by Crippen LogP contribution is 2.22. The van der Waals surface area contributed by atoms with Gasteiger partial charge in [0.1, 0.15) is 0 Å². The Balaban J connectivity index is 2.13. The van der Waals surface area contributed by atoms with Crippen LogP contribution in [0.1, 0.15) is 17.5 Å². The Morgan fingerprint density at radius 2 is 1.86 bits per heavy atom. The fourth-order valence-corrected chi connectivity index (χ4v) is 2.35. The van der Waals surface area contributed by atoms with Gasteiger partial charge in [-0.2, -0.15) is 5.10 Å². The Bertz CT molecular complexity index is 537. The van der Waals surface area contributed by atoms with Crippen molar-refractivity contribution in [2.24, 2.45) is 0 Å². The smallest absolute Gasteiger partial charge is 0.0695 e. The quantitative estimate of drug-likeness (QED) is 0.689. The monoisotopic (exact) mass is 289 g/mol. The van der Waals surface area contributed by atoms with E-state index < -0.39 is 0 Å². The number of benzene rings is 1. The average molecular weight is 289 g/mol. The highest BCUT2D eigenvalue weighted by molar-refractivity contribution is 5.62. The van der Waals surface area contributed by atoms with Crippen molar-refractivity contribution in [2.75, 3.05) is 26.3 Å². The molecule has 3 N–H and O–H groups in total. The second-order valence-corrected chi connectivity index (χ2v) is 5.21. The van der Waals surface area contributed by atoms with Crippen LogP contribution < -0.4 is 0 Å². The van der Waals surface area contributed by atoms with Crippen LogP contribution in [0.2, 0.25) is 0 Å². The van der Waals surface area contributed by atoms with Gasteiger partial charge in [-0.15, -0.1) is 0 Å². The fourth-order valence-electron chi connectivity index (χ4n) is 2.35. The average Bonchev–Trinajstić information content (AvgIpc) is 2.94. The number of aliphatic hydroxyl groups is 2. The molecule has 0 saturated heterocycles. The number of nitrogens with zero attached hydrogens (tertiary/aromatic N) is 2. The predicted octanol–water partition coefficient (Wildman–Crippen LogP) is 1.56. The minimum Gasteiger partial charge on any atom is -0.396 e. The number of aromatic amines is 1. The summed E-state index contributed by atoms with van der Waals surface area (Å²) in [4.78, 5) is 2.12. The van der Waals surface area contributed by atoms with E-state index in [0.717, 1.165) is 23.4 Å². The van der Waals surface area contributed by atoms with Gasteiger partial charge >= 0.3 is 0 Å². The van der Waals surface area contributed by atoms with Gasteiger partial charge in [0.15, 0.2) is 0 Å². The summed E-state index contributed by atoms with van der Waals surface area (Å²) in [5.41, 5.74) is 4.45. The summed E-state index contributed by atoms with van der Waals surface area (Å²) in [5.74, 6) is 0. The summed E-state index contributed by atoms with van der Waals surface area (Å²) in [6, 6.07) is 8.32. The number of rotatable bonds is 8. The lowest BCUT2D eigenvalue weighted by atomic mass is 10.1. The maximum atomic E-state index is 9.15. The summed E-state index contributed by atoms with van der Waals surface area (Å²) in [7, 11) is 0. The number of aryl methyl sites for hydroxylation is 1. The molecule has 0 spiro atoms. The topological polar surface area (TPSA) is 72.4 Å². The maximum Gasteiger partial charge on any atom is 0.0695 e. The number of H-pyrrole nitrogens is 1. The number of hydrogen-bond acceptors (Lipinski definition) is 4. The van der Waals surface area contributed by atoms with E-state index in [1.165, 1.54) is 5.56 Å². The van der Waals surface area contributed by atoms with Crippen LogP contribution in [0, 0.1) is 6.92 Å². The molecule has 21 heavy (non-hydrogen) atoms. The Hall–Kier alpha value is -1.69. The summed E-state index contributed by atoms with van der Waals surface area (Å²) in [6.45, 7) is 4.41. The Morgan fingerprint density at radius 1 is 1.10 bits per heavy atom. The molecule has 0 atom stereocenters. The zero-order valence-electron chi connectivity index (χ0n) is 12.4. The van der Waals surface area contributed by atoms with Crippen LogP contribution in [0.25, 0.3) is 11.3 Å². The van der Waals surface area contributed by atoms with Gasteiger partial charge in [-0.1, -0.05) is 29.8 Å². The molecule has 114 valence electrons. The third-order valence-electron chi connectivity index (χ3n) is 3.50. The first-order chi connectivity index (χ1) is 10.2. The van der Waals surface area contributed by atoms with E-state index in [1.807, 2.05) is 6.20 Å². The second kappa shape index (κ2) is 7.93. The predicted molar refractivity (Wildman–Crippen MR) is 82.8 cm³/mol. The lowest BCUT2D eigenvalue weighted by Crippen LogP contribution is -2.28. The number of aromatic nitrogens is 2. The first kappa shape index (κ1) is 15.7. The molecule has 0 aliphatic rings. The standard InChI is InChI=1S/C16H23N3O2/c1-13-3-5-14(6-4-13)16-15(11-17-18-16)12-19(8-10-21)7-2-9-20/h3-6,11,20-21H,2,7-10,12H2,1H3,(H,17,18). The van der Waals surface area contributed by atoms with Crippen molar-refractivity contribution in [3.05, 3.63) is 41.6 Å². The van der Waals surface area contributed by atoms with E-state index in [4.69, 9.17) is 10.2 Å². The molecule has 2 rings (SSSR count). The molecule has 5 heteroatoms. The van der Waals surface area contributed by atoms with Gasteiger partial charge in [0.05, 0.1) is 18.5 Å². The van der Waals surface area contributed by atoms with E-state index in [-0.39, 0.29) is 13.2 Å². The number of nitrogens with one attached hydrogen (secondary N) is 1. The molecule has 0 unspecified atom stereocenters. The molecule has 1 aromatic heterocycles. The number of hydrogen-bond donors (Lipinski definition) is 3. The van der Waals surface area contributed by atoms with Crippen LogP contribution in [-0.2, 0) is 6.54 Å². The minimum atomic E-state index is 0.114. The van der Waals surface area contributed by atoms with E-state index >= 15 is 0 Å². The number of aliphatic hydroxyl groups excluding tert-OH is 2. The van der Waals surface area contributed by atoms with Gasteiger partial charge in [-0.25, -0.2) is 0 Å². The summed E-state index contributed by atoms with van der Waals surface area (Å²) < 4.78 is 0. The van der Waals surface area contributed by atoms with Gasteiger partial charge in [0, 0.05) is 31.8 Å². The zero-order valence-corrected chi connectivity index (χ0v) is 12.4. The van der Waals surface area contributed by atoms with E-state index in [1.54, 1.807) is 0 Å². The Kier molecular flexibility index (Phi) is 5.92. The van der Waals surface area contributed by atoms with Gasteiger partial charge in [0.25, 0.3) is 0 Å². The van der Waals surface area contributed by atoms with Crippen LogP contribution in [0.4, 0.5) is 0 Å². The molecule has 0 fully saturated rings. The van der Waals surface area contributed by atoms with E-state index in [2.05, 4.69) is 46.3 Å². The summed E-state index contributed by atoms with van der Waals surface area (Å²) >= 11 is 0. The van der Waals surface area contributed by atoms with Crippen molar-refractivity contribution in [1.82, 2.24) is 15.1 Å². The maximum absolute atomic E-state index is 9.15. The molecule has 0 bridgehead atoms. The Morgan fingerprint density at radius 3 is 2.52 bits per heavy atom. The first-order valence-electron chi connectivity index (χ1n) is 7.28. The second-order valence-electron chi connectivity index (χ2n) is 5.21. The van der Waals surface area contributed by atoms with E-state index in [9.17, 15) is 0 Å². The van der Waals surface area contributed by atoms with Crippen molar-refractivity contribution in [3.8, 4) is 11.3 Å². The highest BCUT2D eigenvalue weighted by atomic mass is 16.3. The van der Waals surface area contributed by atoms with Crippen molar-refractivity contribution in [3.63, 3.8) is 0 Å². The molecular formula is C16H23N3O2. The summed E-state index contributed by atoms with van der Waals surface area (Å²) in [6.07, 6.45) is 2.54. The fraction of sp³-hybridized carbons (Fsp3) is 0.438. The molecule has 0 amide bonds. The third kappa shape index (κ3) is 4.39. The van der Waals surface area contributed by atoms with Crippen LogP contribution in [0.3, 0.4) is 0 Å². The molecule has 1 heterocycles. The molecule has 0 radical (unpaired) electrons. The van der Waals surface area contributed by atoms with Gasteiger partial charge < -0.3 is 10.2 Å². The van der Waals surface area contributed by atoms with Crippen molar-refractivity contribution < 1.29 is 10.2 Å². The van der Waals surface area contributed by atoms with Crippen molar-refractivity contribution >= 4 is 0 Å². The molecule has 0 saturated carbocycles. The SMILES string of the molecule is Cc1ccc(-c2[nH]ncc2CN(CCO)CCCO)cc1. The van der Waals surface area contributed by atoms with Crippen LogP contribution >= 0.6 is 0 Å². The van der Waals surface area contributed by atoms with Crippen LogP contribution in [0.15, 0.2) is 30.5 Å². The van der Waals surface area contributed by atoms with Crippen molar-refractivity contribution in [2.45, 2.75) is 19.9 Å². The molecule has 2 aromatic rings. The lowest BCUT2D eigenvalue weighted by Gasteiger charge is -2.20. The normalized spacial score (nSPS) is 11.2. The molecule has 5 nitrogen and oxygen atoms in total. The zero-order chi connectivity index (χ0) is 15.1. The van der Waals surface area contributed by atoms with Crippen LogP contribution in [-0.4, -0.2) is 51.6 Å². The molecule has 1 aromatic carbocycles. The Labute approximate surface area is 125 Å². The van der Waals surface area contributed by atoms with E-state index in [0.29, 0.717) is 19.5 Å². The largest absolute Gasteiger partial charge is 0.396 e. The first-order valence-corrected chi connectivity index (χ1v) is 7.28. The minimum absolute atomic E-state index is 0.114. The van der Waals surface area contributed by atoms with Gasteiger partial charge in [-0.3, -0.25) is 10.00 Å². The lowest BCUT2D eigenvalue weighted by molar-refractivity contribution is 0.174. The molecular weight excluding hydrogens is 266 g/mol. The van der Waals surface area contributed by atoms with Crippen molar-refractivity contribution in [1.29, 1.82) is 0 Å². The summed E-state index contributed by atoms with van der Waals surface area (Å²) in [5, 5.41) is 25.3. The molecule has 0 aliphatic heterocycles. The van der Waals surface area contributed by atoms with Crippen LogP contribution in [0.5, 0.6) is 0 Å².